The molecule has 0 bridgehead atoms. The van der Waals surface area contributed by atoms with Crippen molar-refractivity contribution in [1.29, 1.82) is 0 Å². The number of rotatable bonds is 9. The van der Waals surface area contributed by atoms with Crippen LogP contribution < -0.4 is 22.5 Å². The van der Waals surface area contributed by atoms with Crippen molar-refractivity contribution in [2.24, 2.45) is 17.2 Å². The average molecular weight is 578 g/mol. The number of hydrogen-bond acceptors (Lipinski definition) is 5. The average Bonchev–Trinajstić information content (AvgIpc) is 3.28. The quantitative estimate of drug-likeness (QED) is 0.113. The van der Waals surface area contributed by atoms with Gasteiger partial charge in [0.15, 0.2) is 0 Å². The van der Waals surface area contributed by atoms with Crippen molar-refractivity contribution in [3.8, 4) is 0 Å². The number of hydrogen-bond donors (Lipinski definition) is 4. The van der Waals surface area contributed by atoms with Crippen molar-refractivity contribution < 1.29 is 0 Å². The molecule has 1 saturated heterocycles. The molecule has 2 atom stereocenters. The van der Waals surface area contributed by atoms with Gasteiger partial charge in [-0.05, 0) is 67.4 Å². The van der Waals surface area contributed by atoms with Gasteiger partial charge in [0.2, 0.25) is 0 Å². The molecule has 1 heterocycles. The van der Waals surface area contributed by atoms with Gasteiger partial charge < -0.3 is 22.5 Å². The Hall–Kier alpha value is -1.84. The summed E-state index contributed by atoms with van der Waals surface area (Å²) in [5, 5.41) is 3.67. The van der Waals surface area contributed by atoms with Crippen LogP contribution in [0.1, 0.15) is 54.6 Å². The fourth-order valence-electron chi connectivity index (χ4n) is 3.81. The highest BCUT2D eigenvalue weighted by Gasteiger charge is 2.25. The zero-order valence-corrected chi connectivity index (χ0v) is 23.1. The minimum atomic E-state index is -0.445. The molecule has 188 valence electrons. The lowest BCUT2D eigenvalue weighted by molar-refractivity contribution is 0.331. The molecule has 1 aliphatic rings. The number of likely N-dealkylation sites (tertiary alicyclic amines) is 1. The Morgan fingerprint density at radius 3 is 2.12 bits per heavy atom. The first-order valence-corrected chi connectivity index (χ1v) is 15.4. The smallest absolute Gasteiger partial charge is 0.0784 e. The maximum Gasteiger partial charge on any atom is 0.0784 e. The van der Waals surface area contributed by atoms with E-state index in [0.717, 1.165) is 43.6 Å². The summed E-state index contributed by atoms with van der Waals surface area (Å²) in [4.78, 5) is 4.49. The third kappa shape index (κ3) is 10.6. The first-order valence-electron chi connectivity index (χ1n) is 11.7. The first kappa shape index (κ1) is 30.2. The maximum absolute atomic E-state index is 5.77. The highest BCUT2D eigenvalue weighted by Crippen LogP contribution is 2.27. The molecule has 0 amide bonds. The Morgan fingerprint density at radius 1 is 1.12 bits per heavy atom. The molecule has 3 rings (SSSR count). The highest BCUT2D eigenvalue weighted by atomic mass is 127. The van der Waals surface area contributed by atoms with Crippen LogP contribution in [-0.2, 0) is 0 Å². The third-order valence-electron chi connectivity index (χ3n) is 5.65. The second-order valence-corrected chi connectivity index (χ2v) is 9.86. The number of likely N-dealkylation sites (N-methyl/N-ethyl adjacent to an activating group) is 1. The molecule has 0 saturated carbocycles. The van der Waals surface area contributed by atoms with E-state index >= 15 is 0 Å². The van der Waals surface area contributed by atoms with E-state index in [4.69, 9.17) is 17.2 Å². The minimum Gasteiger partial charge on any atom is -0.377 e. The summed E-state index contributed by atoms with van der Waals surface area (Å²) in [6.07, 6.45) is 5.94. The summed E-state index contributed by atoms with van der Waals surface area (Å²) >= 11 is 0.340. The summed E-state index contributed by atoms with van der Waals surface area (Å²) in [5.74, 6) is 0. The first-order chi connectivity index (χ1) is 16.4. The monoisotopic (exact) mass is 577 g/mol. The predicted octanol–water partition coefficient (Wildman–Crippen LogP) is 4.82. The van der Waals surface area contributed by atoms with Gasteiger partial charge in [-0.2, -0.15) is 0 Å². The highest BCUT2D eigenvalue weighted by molar-refractivity contribution is 14.2. The molecule has 2 aromatic rings. The van der Waals surface area contributed by atoms with Crippen LogP contribution >= 0.6 is 20.7 Å². The molecule has 1 fully saturated rings. The van der Waals surface area contributed by atoms with Gasteiger partial charge in [0.1, 0.15) is 0 Å². The molecule has 0 spiro atoms. The van der Waals surface area contributed by atoms with Gasteiger partial charge in [0.25, 0.3) is 0 Å². The van der Waals surface area contributed by atoms with Crippen molar-refractivity contribution in [2.75, 3.05) is 25.1 Å². The molecule has 2 aromatic carbocycles. The van der Waals surface area contributed by atoms with Crippen molar-refractivity contribution in [3.63, 3.8) is 0 Å². The van der Waals surface area contributed by atoms with Crippen molar-refractivity contribution >= 4 is 25.2 Å². The van der Waals surface area contributed by atoms with Gasteiger partial charge >= 0.3 is 0 Å². The van der Waals surface area contributed by atoms with Crippen LogP contribution in [0.4, 0.5) is 0 Å². The molecular formula is C28H44IN5. The SMILES string of the molecule is C=C(N[C@@H](c1ccccc1)c1ccc(C(N)N)cc1)C1CCCN1C.C=CCCCN.C=IC. The summed E-state index contributed by atoms with van der Waals surface area (Å²) < 4.78 is 3.60. The fourth-order valence-corrected chi connectivity index (χ4v) is 3.81. The van der Waals surface area contributed by atoms with Gasteiger partial charge in [-0.25, -0.2) is 0 Å². The Bertz CT molecular complexity index is 836. The number of nitrogens with one attached hydrogen (secondary N) is 1. The van der Waals surface area contributed by atoms with E-state index in [1.165, 1.54) is 17.5 Å². The van der Waals surface area contributed by atoms with Gasteiger partial charge in [0.05, 0.1) is 12.2 Å². The number of alkyl halides is 1. The second-order valence-electron chi connectivity index (χ2n) is 8.33. The minimum absolute atomic E-state index is 0.0609. The molecule has 0 aromatic heterocycles. The Morgan fingerprint density at radius 2 is 1.68 bits per heavy atom. The van der Waals surface area contributed by atoms with Crippen molar-refractivity contribution in [1.82, 2.24) is 10.2 Å². The lowest BCUT2D eigenvalue weighted by Crippen LogP contribution is -2.35. The number of halogens is 1. The van der Waals surface area contributed by atoms with Crippen molar-refractivity contribution in [2.45, 2.75) is 43.9 Å². The van der Waals surface area contributed by atoms with Crippen LogP contribution in [0.25, 0.3) is 0 Å². The lowest BCUT2D eigenvalue weighted by atomic mass is 9.96. The summed E-state index contributed by atoms with van der Waals surface area (Å²) in [6, 6.07) is 19.1. The van der Waals surface area contributed by atoms with Gasteiger partial charge in [0, 0.05) is 11.7 Å². The van der Waals surface area contributed by atoms with Crippen LogP contribution in [0.2, 0.25) is 0 Å². The van der Waals surface area contributed by atoms with E-state index in [1.807, 2.05) is 24.3 Å². The zero-order valence-electron chi connectivity index (χ0n) is 20.9. The molecule has 6 heteroatoms. The topological polar surface area (TPSA) is 93.3 Å². The molecule has 1 aliphatic heterocycles. The largest absolute Gasteiger partial charge is 0.377 e. The third-order valence-corrected chi connectivity index (χ3v) is 5.65. The van der Waals surface area contributed by atoms with Crippen LogP contribution in [0.5, 0.6) is 0 Å². The summed E-state index contributed by atoms with van der Waals surface area (Å²) in [7, 11) is 2.17. The van der Waals surface area contributed by atoms with Gasteiger partial charge in [-0.1, -0.05) is 71.8 Å². The number of nitrogens with two attached hydrogens (primary N) is 3. The maximum atomic E-state index is 5.77. The van der Waals surface area contributed by atoms with E-state index in [-0.39, 0.29) is 6.04 Å². The van der Waals surface area contributed by atoms with Gasteiger partial charge in [-0.15, -0.1) is 27.3 Å². The van der Waals surface area contributed by atoms with E-state index < -0.39 is 6.17 Å². The van der Waals surface area contributed by atoms with Crippen molar-refractivity contribution in [3.05, 3.63) is 96.2 Å². The van der Waals surface area contributed by atoms with E-state index in [2.05, 4.69) is 76.3 Å². The Kier molecular flexibility index (Phi) is 15.6. The summed E-state index contributed by atoms with van der Waals surface area (Å²) in [5.41, 5.74) is 21.1. The van der Waals surface area contributed by atoms with Crippen LogP contribution in [0, 0.1) is 0 Å². The molecule has 34 heavy (non-hydrogen) atoms. The van der Waals surface area contributed by atoms with E-state index in [1.54, 1.807) is 0 Å². The van der Waals surface area contributed by atoms with E-state index in [0.29, 0.717) is 26.8 Å². The molecule has 1 unspecified atom stereocenters. The standard InChI is InChI=1S/C21H28N4.C5H11N.C2H5I/c1-15(19-9-6-14-25(19)2)24-20(16-7-4-3-5-8-16)17-10-12-18(13-11-17)21(22)23;1-2-3-4-5-6;1-3-2/h3-5,7-8,10-13,19-21,24H,1,6,9,14,22-23H2,2H3;2H,1,3-6H2;1H2,2H3/t19?,20-;;/m0../s1. The van der Waals surface area contributed by atoms with Crippen LogP contribution in [0.15, 0.2) is 79.5 Å². The number of allylic oxidation sites excluding steroid dienone is 1. The second kappa shape index (κ2) is 17.6. The zero-order chi connectivity index (χ0) is 25.3. The molecule has 5 nitrogen and oxygen atoms in total. The molecule has 0 radical (unpaired) electrons. The lowest BCUT2D eigenvalue weighted by Gasteiger charge is -2.28. The van der Waals surface area contributed by atoms with Gasteiger partial charge in [-0.3, -0.25) is 4.90 Å². The van der Waals surface area contributed by atoms with Crippen LogP contribution in [-0.4, -0.2) is 40.5 Å². The number of nitrogens with zero attached hydrogens (tertiary/aromatic N) is 1. The summed E-state index contributed by atoms with van der Waals surface area (Å²) in [6.45, 7) is 9.79. The molecule has 7 N–H and O–H groups in total. The number of benzene rings is 2. The Balaban J connectivity index is 0.000000551. The van der Waals surface area contributed by atoms with E-state index in [9.17, 15) is 0 Å². The Labute approximate surface area is 217 Å². The predicted molar refractivity (Wildman–Crippen MR) is 159 cm³/mol. The molecule has 0 aliphatic carbocycles. The molecular weight excluding hydrogens is 533 g/mol. The number of unbranched alkanes of at least 4 members (excludes halogenated alkanes) is 1. The fraction of sp³-hybridized carbons (Fsp3) is 0.393. The van der Waals surface area contributed by atoms with Crippen LogP contribution in [0.3, 0.4) is 0 Å². The normalized spacial score (nSPS) is 16.0.